The van der Waals surface area contributed by atoms with Gasteiger partial charge < -0.3 is 15.4 Å². The molecule has 2 aromatic carbocycles. The highest BCUT2D eigenvalue weighted by Gasteiger charge is 2.23. The van der Waals surface area contributed by atoms with E-state index in [9.17, 15) is 24.3 Å². The van der Waals surface area contributed by atoms with Crippen molar-refractivity contribution in [1.29, 1.82) is 0 Å². The standard InChI is InChI=1S/C22H20N4O5/c1-25-18-9-5-3-7-15(18)20(28)26(22(25)31)12-19(27)24-17(21(29)30)10-13-11-23-16-8-4-2-6-14(13)16/h2-9,11,17,23H,10,12H2,1H3,(H,24,27)(H,29,30)/t17-/m0/s1. The van der Waals surface area contributed by atoms with Gasteiger partial charge >= 0.3 is 11.7 Å². The van der Waals surface area contributed by atoms with Crippen molar-refractivity contribution in [2.75, 3.05) is 0 Å². The Hall–Kier alpha value is -4.14. The summed E-state index contributed by atoms with van der Waals surface area (Å²) in [4.78, 5) is 52.7. The van der Waals surface area contributed by atoms with Gasteiger partial charge in [0.1, 0.15) is 12.6 Å². The smallest absolute Gasteiger partial charge is 0.331 e. The van der Waals surface area contributed by atoms with Crippen molar-refractivity contribution in [2.45, 2.75) is 19.0 Å². The number of H-pyrrole nitrogens is 1. The Morgan fingerprint density at radius 1 is 1.06 bits per heavy atom. The zero-order valence-electron chi connectivity index (χ0n) is 16.7. The molecule has 9 nitrogen and oxygen atoms in total. The van der Waals surface area contributed by atoms with Crippen LogP contribution in [-0.4, -0.2) is 37.1 Å². The molecule has 1 amide bonds. The Kier molecular flexibility index (Phi) is 5.16. The fraction of sp³-hybridized carbons (Fsp3) is 0.182. The summed E-state index contributed by atoms with van der Waals surface area (Å²) in [7, 11) is 1.51. The number of carboxylic acid groups (broad SMARTS) is 1. The van der Waals surface area contributed by atoms with Gasteiger partial charge in [-0.1, -0.05) is 30.3 Å². The number of aryl methyl sites for hydroxylation is 1. The fourth-order valence-electron chi connectivity index (χ4n) is 3.71. The SMILES string of the molecule is Cn1c(=O)n(CC(=O)N[C@@H](Cc2c[nH]c3ccccc23)C(=O)O)c(=O)c2ccccc21. The van der Waals surface area contributed by atoms with Crippen LogP contribution in [0.2, 0.25) is 0 Å². The van der Waals surface area contributed by atoms with Crippen LogP contribution in [0.5, 0.6) is 0 Å². The predicted molar refractivity (Wildman–Crippen MR) is 115 cm³/mol. The third-order valence-electron chi connectivity index (χ3n) is 5.29. The van der Waals surface area contributed by atoms with Crippen LogP contribution in [0.15, 0.2) is 64.3 Å². The van der Waals surface area contributed by atoms with Gasteiger partial charge in [0.2, 0.25) is 5.91 Å². The summed E-state index contributed by atoms with van der Waals surface area (Å²) >= 11 is 0. The van der Waals surface area contributed by atoms with Gasteiger partial charge in [0.15, 0.2) is 0 Å². The number of carbonyl (C=O) groups excluding carboxylic acids is 1. The van der Waals surface area contributed by atoms with Crippen molar-refractivity contribution >= 4 is 33.7 Å². The van der Waals surface area contributed by atoms with Gasteiger partial charge in [-0.3, -0.25) is 18.7 Å². The van der Waals surface area contributed by atoms with E-state index < -0.39 is 35.7 Å². The molecule has 0 aliphatic carbocycles. The van der Waals surface area contributed by atoms with Crippen molar-refractivity contribution in [3.8, 4) is 0 Å². The Balaban J connectivity index is 1.59. The molecule has 4 aromatic rings. The maximum absolute atomic E-state index is 12.7. The lowest BCUT2D eigenvalue weighted by molar-refractivity contribution is -0.141. The number of carbonyl (C=O) groups is 2. The highest BCUT2D eigenvalue weighted by atomic mass is 16.4. The van der Waals surface area contributed by atoms with E-state index in [4.69, 9.17) is 0 Å². The van der Waals surface area contributed by atoms with Gasteiger partial charge in [0.05, 0.1) is 10.9 Å². The fourth-order valence-corrected chi connectivity index (χ4v) is 3.71. The lowest BCUT2D eigenvalue weighted by atomic mass is 10.0. The number of amides is 1. The van der Waals surface area contributed by atoms with E-state index in [0.717, 1.165) is 21.0 Å². The summed E-state index contributed by atoms with van der Waals surface area (Å²) in [6, 6.07) is 12.8. The first-order chi connectivity index (χ1) is 14.9. The molecule has 0 saturated carbocycles. The summed E-state index contributed by atoms with van der Waals surface area (Å²) < 4.78 is 2.09. The van der Waals surface area contributed by atoms with Crippen molar-refractivity contribution in [3.05, 3.63) is 81.1 Å². The average molecular weight is 420 g/mol. The monoisotopic (exact) mass is 420 g/mol. The maximum Gasteiger partial charge on any atom is 0.331 e. The molecule has 9 heteroatoms. The number of hydrogen-bond acceptors (Lipinski definition) is 4. The number of aromatic nitrogens is 3. The summed E-state index contributed by atoms with van der Waals surface area (Å²) in [6.45, 7) is -0.575. The highest BCUT2D eigenvalue weighted by molar-refractivity contribution is 5.87. The van der Waals surface area contributed by atoms with Crippen LogP contribution in [0.4, 0.5) is 0 Å². The molecule has 158 valence electrons. The number of aromatic amines is 1. The molecule has 2 heterocycles. The van der Waals surface area contributed by atoms with Crippen LogP contribution in [0.3, 0.4) is 0 Å². The number of fused-ring (bicyclic) bond motifs is 2. The van der Waals surface area contributed by atoms with Gasteiger partial charge in [0.25, 0.3) is 5.56 Å². The second-order valence-electron chi connectivity index (χ2n) is 7.27. The molecule has 0 bridgehead atoms. The van der Waals surface area contributed by atoms with Crippen LogP contribution in [0.1, 0.15) is 5.56 Å². The second kappa shape index (κ2) is 7.94. The van der Waals surface area contributed by atoms with Crippen molar-refractivity contribution < 1.29 is 14.7 Å². The van der Waals surface area contributed by atoms with E-state index in [2.05, 4.69) is 10.3 Å². The van der Waals surface area contributed by atoms with E-state index in [1.807, 2.05) is 24.3 Å². The number of hydrogen-bond donors (Lipinski definition) is 3. The van der Waals surface area contributed by atoms with Crippen LogP contribution in [0, 0.1) is 0 Å². The summed E-state index contributed by atoms with van der Waals surface area (Å²) in [6.07, 6.45) is 1.76. The molecule has 0 radical (unpaired) electrons. The lowest BCUT2D eigenvalue weighted by Crippen LogP contribution is -2.47. The first kappa shape index (κ1) is 20.1. The molecule has 0 aliphatic heterocycles. The minimum Gasteiger partial charge on any atom is -0.480 e. The van der Waals surface area contributed by atoms with Gasteiger partial charge in [-0.05, 0) is 23.8 Å². The van der Waals surface area contributed by atoms with Gasteiger partial charge in [-0.25, -0.2) is 9.59 Å². The van der Waals surface area contributed by atoms with Gasteiger partial charge in [-0.15, -0.1) is 0 Å². The van der Waals surface area contributed by atoms with Crippen LogP contribution >= 0.6 is 0 Å². The Bertz CT molecular complexity index is 1430. The van der Waals surface area contributed by atoms with E-state index in [1.165, 1.54) is 11.6 Å². The highest BCUT2D eigenvalue weighted by Crippen LogP contribution is 2.19. The molecule has 0 spiro atoms. The summed E-state index contributed by atoms with van der Waals surface area (Å²) in [5.74, 6) is -1.95. The van der Waals surface area contributed by atoms with E-state index in [1.54, 1.807) is 30.5 Å². The molecule has 0 aliphatic rings. The number of aliphatic carboxylic acids is 1. The first-order valence-electron chi connectivity index (χ1n) is 9.62. The van der Waals surface area contributed by atoms with Crippen LogP contribution in [-0.2, 0) is 29.6 Å². The van der Waals surface area contributed by atoms with Crippen molar-refractivity contribution in [2.24, 2.45) is 7.05 Å². The van der Waals surface area contributed by atoms with Crippen molar-refractivity contribution in [3.63, 3.8) is 0 Å². The topological polar surface area (TPSA) is 126 Å². The Morgan fingerprint density at radius 3 is 2.48 bits per heavy atom. The molecule has 4 rings (SSSR count). The van der Waals surface area contributed by atoms with Gasteiger partial charge in [-0.2, -0.15) is 0 Å². The third-order valence-corrected chi connectivity index (χ3v) is 5.29. The third kappa shape index (κ3) is 3.73. The Labute approximate surface area is 175 Å². The maximum atomic E-state index is 12.7. The van der Waals surface area contributed by atoms with E-state index in [0.29, 0.717) is 10.9 Å². The quantitative estimate of drug-likeness (QED) is 0.429. The minimum absolute atomic E-state index is 0.0513. The molecule has 1 atom stereocenters. The lowest BCUT2D eigenvalue weighted by Gasteiger charge is -2.15. The summed E-state index contributed by atoms with van der Waals surface area (Å²) in [5.41, 5.74) is 0.804. The van der Waals surface area contributed by atoms with E-state index in [-0.39, 0.29) is 6.42 Å². The number of carboxylic acids is 1. The minimum atomic E-state index is -1.22. The molecule has 3 N–H and O–H groups in total. The average Bonchev–Trinajstić information content (AvgIpc) is 3.17. The normalized spacial score (nSPS) is 12.2. The molecular formula is C22H20N4O5. The van der Waals surface area contributed by atoms with Crippen molar-refractivity contribution in [1.82, 2.24) is 19.4 Å². The number of nitrogens with zero attached hydrogens (tertiary/aromatic N) is 2. The van der Waals surface area contributed by atoms with Gasteiger partial charge in [0, 0.05) is 30.6 Å². The number of rotatable bonds is 6. The molecule has 0 saturated heterocycles. The second-order valence-corrected chi connectivity index (χ2v) is 7.27. The predicted octanol–water partition coefficient (Wildman–Crippen LogP) is 0.994. The number of benzene rings is 2. The van der Waals surface area contributed by atoms with Crippen LogP contribution < -0.4 is 16.6 Å². The van der Waals surface area contributed by atoms with E-state index >= 15 is 0 Å². The Morgan fingerprint density at radius 2 is 1.74 bits per heavy atom. The zero-order chi connectivity index (χ0) is 22.1. The van der Waals surface area contributed by atoms with Crippen LogP contribution in [0.25, 0.3) is 21.8 Å². The zero-order valence-corrected chi connectivity index (χ0v) is 16.7. The summed E-state index contributed by atoms with van der Waals surface area (Å²) in [5, 5.41) is 13.2. The first-order valence-corrected chi connectivity index (χ1v) is 9.62. The number of para-hydroxylation sites is 2. The largest absolute Gasteiger partial charge is 0.480 e. The molecule has 0 fully saturated rings. The molecule has 0 unspecified atom stereocenters. The number of nitrogens with one attached hydrogen (secondary N) is 2. The molecule has 31 heavy (non-hydrogen) atoms. The molecule has 2 aromatic heterocycles. The molecular weight excluding hydrogens is 400 g/mol.